The summed E-state index contributed by atoms with van der Waals surface area (Å²) in [5, 5.41) is 3.71. The third-order valence-corrected chi connectivity index (χ3v) is 5.04. The maximum Gasteiger partial charge on any atom is 0.0700 e. The predicted octanol–water partition coefficient (Wildman–Crippen LogP) is 3.13. The molecule has 0 atom stereocenters. The Labute approximate surface area is 118 Å². The Morgan fingerprint density at radius 3 is 2.42 bits per heavy atom. The third-order valence-electron chi connectivity index (χ3n) is 5.04. The van der Waals surface area contributed by atoms with Crippen LogP contribution in [0.2, 0.25) is 0 Å². The molecule has 1 N–H and O–H groups in total. The fourth-order valence-corrected chi connectivity index (χ4v) is 3.78. The van der Waals surface area contributed by atoms with E-state index in [1.165, 1.54) is 51.4 Å². The SMILES string of the molecule is COCCOCCCNC1CCC2(CCCC2)CC1. The zero-order valence-corrected chi connectivity index (χ0v) is 12.6. The molecule has 0 amide bonds. The predicted molar refractivity (Wildman–Crippen MR) is 78.5 cm³/mol. The maximum atomic E-state index is 5.47. The maximum absolute atomic E-state index is 5.47. The van der Waals surface area contributed by atoms with E-state index in [1.807, 2.05) is 0 Å². The summed E-state index contributed by atoms with van der Waals surface area (Å²) in [6.07, 6.45) is 12.8. The van der Waals surface area contributed by atoms with Crippen molar-refractivity contribution < 1.29 is 9.47 Å². The van der Waals surface area contributed by atoms with Crippen LogP contribution in [0, 0.1) is 5.41 Å². The van der Waals surface area contributed by atoms with E-state index in [0.29, 0.717) is 6.61 Å². The van der Waals surface area contributed by atoms with Gasteiger partial charge in [0, 0.05) is 19.8 Å². The van der Waals surface area contributed by atoms with Crippen molar-refractivity contribution in [3.63, 3.8) is 0 Å². The van der Waals surface area contributed by atoms with Crippen molar-refractivity contribution in [1.29, 1.82) is 0 Å². The summed E-state index contributed by atoms with van der Waals surface area (Å²) in [4.78, 5) is 0. The van der Waals surface area contributed by atoms with Crippen molar-refractivity contribution in [2.75, 3.05) is 33.5 Å². The first-order chi connectivity index (χ1) is 9.35. The summed E-state index contributed by atoms with van der Waals surface area (Å²) in [6, 6.07) is 0.769. The van der Waals surface area contributed by atoms with Crippen LogP contribution in [0.5, 0.6) is 0 Å². The molecule has 19 heavy (non-hydrogen) atoms. The fraction of sp³-hybridized carbons (Fsp3) is 1.00. The second-order valence-electron chi connectivity index (χ2n) is 6.39. The molecule has 2 fully saturated rings. The Kier molecular flexibility index (Phi) is 6.62. The van der Waals surface area contributed by atoms with Crippen molar-refractivity contribution >= 4 is 0 Å². The Balaban J connectivity index is 1.47. The van der Waals surface area contributed by atoms with Crippen LogP contribution in [0.4, 0.5) is 0 Å². The van der Waals surface area contributed by atoms with E-state index in [9.17, 15) is 0 Å². The van der Waals surface area contributed by atoms with Gasteiger partial charge >= 0.3 is 0 Å². The highest BCUT2D eigenvalue weighted by molar-refractivity contribution is 4.91. The summed E-state index contributed by atoms with van der Waals surface area (Å²) in [7, 11) is 1.71. The molecule has 0 saturated heterocycles. The van der Waals surface area contributed by atoms with Crippen molar-refractivity contribution in [2.24, 2.45) is 5.41 Å². The van der Waals surface area contributed by atoms with Gasteiger partial charge in [-0.25, -0.2) is 0 Å². The standard InChI is InChI=1S/C16H31NO2/c1-18-13-14-19-12-4-11-17-15-5-9-16(10-6-15)7-2-3-8-16/h15,17H,2-14H2,1H3. The van der Waals surface area contributed by atoms with Crippen LogP contribution in [0.1, 0.15) is 57.8 Å². The van der Waals surface area contributed by atoms with Gasteiger partial charge < -0.3 is 14.8 Å². The average Bonchev–Trinajstić information content (AvgIpc) is 2.89. The van der Waals surface area contributed by atoms with E-state index in [1.54, 1.807) is 7.11 Å². The van der Waals surface area contributed by atoms with Gasteiger partial charge in [0.1, 0.15) is 0 Å². The van der Waals surface area contributed by atoms with Gasteiger partial charge in [-0.05, 0) is 56.9 Å². The van der Waals surface area contributed by atoms with E-state index in [0.717, 1.165) is 37.6 Å². The summed E-state index contributed by atoms with van der Waals surface area (Å²) < 4.78 is 10.4. The van der Waals surface area contributed by atoms with E-state index in [-0.39, 0.29) is 0 Å². The highest BCUT2D eigenvalue weighted by atomic mass is 16.5. The highest BCUT2D eigenvalue weighted by Gasteiger charge is 2.37. The smallest absolute Gasteiger partial charge is 0.0700 e. The third kappa shape index (κ3) is 5.05. The van der Waals surface area contributed by atoms with Gasteiger partial charge in [-0.2, -0.15) is 0 Å². The average molecular weight is 269 g/mol. The monoisotopic (exact) mass is 269 g/mol. The quantitative estimate of drug-likeness (QED) is 0.687. The van der Waals surface area contributed by atoms with E-state index >= 15 is 0 Å². The Hall–Kier alpha value is -0.120. The molecule has 0 unspecified atom stereocenters. The number of hydrogen-bond donors (Lipinski definition) is 1. The van der Waals surface area contributed by atoms with Crippen molar-refractivity contribution in [2.45, 2.75) is 63.8 Å². The van der Waals surface area contributed by atoms with E-state index in [4.69, 9.17) is 9.47 Å². The Morgan fingerprint density at radius 2 is 1.74 bits per heavy atom. The van der Waals surface area contributed by atoms with Crippen LogP contribution in [-0.4, -0.2) is 39.5 Å². The second-order valence-corrected chi connectivity index (χ2v) is 6.39. The number of nitrogens with one attached hydrogen (secondary N) is 1. The van der Waals surface area contributed by atoms with Crippen molar-refractivity contribution in [3.05, 3.63) is 0 Å². The van der Waals surface area contributed by atoms with Gasteiger partial charge in [-0.1, -0.05) is 12.8 Å². The highest BCUT2D eigenvalue weighted by Crippen LogP contribution is 2.48. The lowest BCUT2D eigenvalue weighted by atomic mass is 9.71. The first-order valence-corrected chi connectivity index (χ1v) is 8.15. The molecule has 3 heteroatoms. The summed E-state index contributed by atoms with van der Waals surface area (Å²) in [5.41, 5.74) is 0.765. The van der Waals surface area contributed by atoms with Crippen LogP contribution >= 0.6 is 0 Å². The van der Waals surface area contributed by atoms with E-state index in [2.05, 4.69) is 5.32 Å². The zero-order valence-electron chi connectivity index (χ0n) is 12.6. The Bertz CT molecular complexity index is 229. The molecule has 0 bridgehead atoms. The molecule has 3 nitrogen and oxygen atoms in total. The minimum atomic E-state index is 0.706. The normalized spacial score (nSPS) is 23.2. The van der Waals surface area contributed by atoms with Crippen LogP contribution in [0.15, 0.2) is 0 Å². The molecule has 2 aliphatic carbocycles. The van der Waals surface area contributed by atoms with Gasteiger partial charge in [0.15, 0.2) is 0 Å². The molecular weight excluding hydrogens is 238 g/mol. The van der Waals surface area contributed by atoms with Crippen LogP contribution in [-0.2, 0) is 9.47 Å². The minimum Gasteiger partial charge on any atom is -0.382 e. The molecule has 0 aliphatic heterocycles. The minimum absolute atomic E-state index is 0.706. The topological polar surface area (TPSA) is 30.5 Å². The largest absolute Gasteiger partial charge is 0.382 e. The van der Waals surface area contributed by atoms with Crippen molar-refractivity contribution in [3.8, 4) is 0 Å². The summed E-state index contributed by atoms with van der Waals surface area (Å²) in [6.45, 7) is 3.39. The molecule has 2 rings (SSSR count). The molecule has 112 valence electrons. The van der Waals surface area contributed by atoms with Gasteiger partial charge in [-0.3, -0.25) is 0 Å². The van der Waals surface area contributed by atoms with Gasteiger partial charge in [0.2, 0.25) is 0 Å². The molecule has 0 aromatic carbocycles. The number of ether oxygens (including phenoxy) is 2. The molecule has 0 aromatic rings. The first-order valence-electron chi connectivity index (χ1n) is 8.15. The fourth-order valence-electron chi connectivity index (χ4n) is 3.78. The van der Waals surface area contributed by atoms with Gasteiger partial charge in [0.05, 0.1) is 13.2 Å². The van der Waals surface area contributed by atoms with Crippen LogP contribution in [0.3, 0.4) is 0 Å². The number of rotatable bonds is 8. The van der Waals surface area contributed by atoms with Gasteiger partial charge in [0.25, 0.3) is 0 Å². The molecular formula is C16H31NO2. The zero-order chi connectivity index (χ0) is 13.4. The summed E-state index contributed by atoms with van der Waals surface area (Å²) >= 11 is 0. The number of hydrogen-bond acceptors (Lipinski definition) is 3. The molecule has 2 aliphatic rings. The molecule has 2 saturated carbocycles. The second kappa shape index (κ2) is 8.23. The molecule has 0 heterocycles. The lowest BCUT2D eigenvalue weighted by molar-refractivity contribution is 0.0687. The Morgan fingerprint density at radius 1 is 1.00 bits per heavy atom. The van der Waals surface area contributed by atoms with Crippen LogP contribution in [0.25, 0.3) is 0 Å². The van der Waals surface area contributed by atoms with Crippen LogP contribution < -0.4 is 5.32 Å². The molecule has 0 radical (unpaired) electrons. The first kappa shape index (κ1) is 15.3. The van der Waals surface area contributed by atoms with Crippen molar-refractivity contribution in [1.82, 2.24) is 5.32 Å². The summed E-state index contributed by atoms with van der Waals surface area (Å²) in [5.74, 6) is 0. The number of methoxy groups -OCH3 is 1. The van der Waals surface area contributed by atoms with Gasteiger partial charge in [-0.15, -0.1) is 0 Å². The lowest BCUT2D eigenvalue weighted by Crippen LogP contribution is -2.37. The molecule has 0 aromatic heterocycles. The lowest BCUT2D eigenvalue weighted by Gasteiger charge is -2.37. The molecule has 1 spiro atoms. The van der Waals surface area contributed by atoms with E-state index < -0.39 is 0 Å².